The van der Waals surface area contributed by atoms with Crippen molar-refractivity contribution in [3.8, 4) is 11.1 Å². The maximum absolute atomic E-state index is 12.8. The summed E-state index contributed by atoms with van der Waals surface area (Å²) in [5.74, 6) is -1.37. The molecule has 2 fully saturated rings. The lowest BCUT2D eigenvalue weighted by Crippen LogP contribution is -2.57. The molecular formula is C24H24N2O5. The van der Waals surface area contributed by atoms with Crippen molar-refractivity contribution < 1.29 is 24.2 Å². The number of hydrogen-bond donors (Lipinski definition) is 2. The van der Waals surface area contributed by atoms with E-state index in [1.165, 1.54) is 4.90 Å². The maximum Gasteiger partial charge on any atom is 0.407 e. The fourth-order valence-electron chi connectivity index (χ4n) is 5.32. The molecule has 3 atom stereocenters. The predicted molar refractivity (Wildman–Crippen MR) is 113 cm³/mol. The van der Waals surface area contributed by atoms with Crippen LogP contribution in [-0.2, 0) is 14.3 Å². The number of hydrogen-bond acceptors (Lipinski definition) is 4. The number of piperidine rings is 1. The summed E-state index contributed by atoms with van der Waals surface area (Å²) in [6.45, 7) is 0.171. The fraction of sp³-hybridized carbons (Fsp3) is 0.375. The molecular weight excluding hydrogens is 396 g/mol. The molecule has 0 unspecified atom stereocenters. The summed E-state index contributed by atoms with van der Waals surface area (Å²) in [5.41, 5.74) is 4.53. The molecule has 31 heavy (non-hydrogen) atoms. The minimum absolute atomic E-state index is 0.0471. The van der Waals surface area contributed by atoms with Crippen LogP contribution >= 0.6 is 0 Å². The summed E-state index contributed by atoms with van der Waals surface area (Å²) in [4.78, 5) is 38.3. The van der Waals surface area contributed by atoms with Crippen LogP contribution in [0.3, 0.4) is 0 Å². The van der Waals surface area contributed by atoms with Gasteiger partial charge in [-0.25, -0.2) is 9.59 Å². The van der Waals surface area contributed by atoms with Crippen LogP contribution in [0.1, 0.15) is 42.7 Å². The lowest BCUT2D eigenvalue weighted by molar-refractivity contribution is -0.152. The van der Waals surface area contributed by atoms with Gasteiger partial charge in [0.05, 0.1) is 0 Å². The van der Waals surface area contributed by atoms with Crippen molar-refractivity contribution in [3.05, 3.63) is 59.7 Å². The van der Waals surface area contributed by atoms with E-state index in [9.17, 15) is 19.5 Å². The lowest BCUT2D eigenvalue weighted by Gasteiger charge is -2.36. The third-order valence-electron chi connectivity index (χ3n) is 6.76. The number of carboxylic acid groups (broad SMARTS) is 1. The summed E-state index contributed by atoms with van der Waals surface area (Å²) < 4.78 is 5.54. The summed E-state index contributed by atoms with van der Waals surface area (Å²) in [6.07, 6.45) is 1.69. The molecule has 160 valence electrons. The second kappa shape index (κ2) is 7.72. The van der Waals surface area contributed by atoms with E-state index in [2.05, 4.69) is 17.4 Å². The molecule has 2 saturated heterocycles. The van der Waals surface area contributed by atoms with Crippen LogP contribution in [0.25, 0.3) is 11.1 Å². The van der Waals surface area contributed by atoms with E-state index in [4.69, 9.17) is 4.74 Å². The largest absolute Gasteiger partial charge is 0.480 e. The van der Waals surface area contributed by atoms with Gasteiger partial charge in [0, 0.05) is 12.0 Å². The van der Waals surface area contributed by atoms with Gasteiger partial charge in [-0.15, -0.1) is 0 Å². The zero-order chi connectivity index (χ0) is 21.5. The standard InChI is InChI=1S/C24H24N2O5/c27-22-20(11-9-14-10-12-21(23(28)29)26(14)22)25-24(30)31-13-19-17-7-3-1-5-15(17)16-6-2-4-8-18(16)19/h1-8,14,19-21H,9-13H2,(H,25,30)(H,28,29)/t14-,20-,21-/m0/s1. The molecule has 0 spiro atoms. The number of carboxylic acids is 1. The van der Waals surface area contributed by atoms with Crippen molar-refractivity contribution in [2.24, 2.45) is 0 Å². The number of ether oxygens (including phenoxy) is 1. The van der Waals surface area contributed by atoms with Gasteiger partial charge in [-0.1, -0.05) is 48.5 Å². The normalized spacial score (nSPS) is 24.3. The molecule has 0 bridgehead atoms. The molecule has 0 aromatic heterocycles. The number of aliphatic carboxylic acids is 1. The predicted octanol–water partition coefficient (Wildman–Crippen LogP) is 3.13. The third-order valence-corrected chi connectivity index (χ3v) is 6.76. The Kier molecular flexibility index (Phi) is 4.88. The Bertz CT molecular complexity index is 1010. The summed E-state index contributed by atoms with van der Waals surface area (Å²) in [5, 5.41) is 12.1. The van der Waals surface area contributed by atoms with Crippen molar-refractivity contribution in [3.63, 3.8) is 0 Å². The molecule has 2 amide bonds. The van der Waals surface area contributed by atoms with Gasteiger partial charge in [0.15, 0.2) is 0 Å². The summed E-state index contributed by atoms with van der Waals surface area (Å²) in [6, 6.07) is 14.6. The zero-order valence-electron chi connectivity index (χ0n) is 17.0. The molecule has 2 aromatic carbocycles. The highest BCUT2D eigenvalue weighted by Gasteiger charge is 2.46. The van der Waals surface area contributed by atoms with Crippen molar-refractivity contribution >= 4 is 18.0 Å². The second-order valence-corrected chi connectivity index (χ2v) is 8.43. The number of fused-ring (bicyclic) bond motifs is 4. The average Bonchev–Trinajstić information content (AvgIpc) is 3.34. The topological polar surface area (TPSA) is 95.9 Å². The first-order valence-electron chi connectivity index (χ1n) is 10.7. The second-order valence-electron chi connectivity index (χ2n) is 8.43. The molecule has 7 nitrogen and oxygen atoms in total. The molecule has 2 N–H and O–H groups in total. The van der Waals surface area contributed by atoms with Crippen molar-refractivity contribution in [1.29, 1.82) is 0 Å². The van der Waals surface area contributed by atoms with Gasteiger partial charge in [0.2, 0.25) is 5.91 Å². The van der Waals surface area contributed by atoms with Crippen LogP contribution in [0.5, 0.6) is 0 Å². The summed E-state index contributed by atoms with van der Waals surface area (Å²) in [7, 11) is 0. The van der Waals surface area contributed by atoms with E-state index >= 15 is 0 Å². The summed E-state index contributed by atoms with van der Waals surface area (Å²) >= 11 is 0. The Hall–Kier alpha value is -3.35. The van der Waals surface area contributed by atoms with Gasteiger partial charge in [-0.2, -0.15) is 0 Å². The van der Waals surface area contributed by atoms with Crippen LogP contribution in [-0.4, -0.2) is 52.7 Å². The first kappa shape index (κ1) is 19.6. The molecule has 3 aliphatic rings. The smallest absolute Gasteiger partial charge is 0.407 e. The van der Waals surface area contributed by atoms with Crippen LogP contribution in [0, 0.1) is 0 Å². The quantitative estimate of drug-likeness (QED) is 0.792. The van der Waals surface area contributed by atoms with E-state index in [0.717, 1.165) is 22.3 Å². The Morgan fingerprint density at radius 1 is 0.968 bits per heavy atom. The number of amides is 2. The van der Waals surface area contributed by atoms with E-state index in [1.54, 1.807) is 0 Å². The van der Waals surface area contributed by atoms with Crippen LogP contribution in [0.2, 0.25) is 0 Å². The number of nitrogens with zero attached hydrogens (tertiary/aromatic N) is 1. The average molecular weight is 420 g/mol. The molecule has 2 aromatic rings. The third kappa shape index (κ3) is 3.34. The highest BCUT2D eigenvalue weighted by molar-refractivity contribution is 5.90. The highest BCUT2D eigenvalue weighted by atomic mass is 16.5. The molecule has 2 aliphatic heterocycles. The first-order chi connectivity index (χ1) is 15.0. The number of carbonyl (C=O) groups excluding carboxylic acids is 2. The number of benzene rings is 2. The van der Waals surface area contributed by atoms with Gasteiger partial charge in [-0.05, 0) is 47.9 Å². The molecule has 0 saturated carbocycles. The molecule has 0 radical (unpaired) electrons. The Morgan fingerprint density at radius 2 is 1.58 bits per heavy atom. The monoisotopic (exact) mass is 420 g/mol. The fourth-order valence-corrected chi connectivity index (χ4v) is 5.32. The number of carbonyl (C=O) groups is 3. The van der Waals surface area contributed by atoms with Gasteiger partial charge in [0.25, 0.3) is 0 Å². The van der Waals surface area contributed by atoms with E-state index in [-0.39, 0.29) is 24.5 Å². The van der Waals surface area contributed by atoms with Crippen molar-refractivity contribution in [2.45, 2.75) is 49.7 Å². The molecule has 1 aliphatic carbocycles. The zero-order valence-corrected chi connectivity index (χ0v) is 17.0. The van der Waals surface area contributed by atoms with E-state index < -0.39 is 24.1 Å². The number of rotatable bonds is 4. The van der Waals surface area contributed by atoms with E-state index in [1.807, 2.05) is 36.4 Å². The van der Waals surface area contributed by atoms with Gasteiger partial charge in [0.1, 0.15) is 18.7 Å². The van der Waals surface area contributed by atoms with Crippen molar-refractivity contribution in [1.82, 2.24) is 10.2 Å². The number of nitrogens with one attached hydrogen (secondary N) is 1. The maximum atomic E-state index is 12.8. The van der Waals surface area contributed by atoms with E-state index in [0.29, 0.717) is 25.7 Å². The van der Waals surface area contributed by atoms with Gasteiger partial charge >= 0.3 is 12.1 Å². The van der Waals surface area contributed by atoms with Crippen LogP contribution < -0.4 is 5.32 Å². The van der Waals surface area contributed by atoms with Gasteiger partial charge in [-0.3, -0.25) is 4.79 Å². The molecule has 5 rings (SSSR count). The first-order valence-corrected chi connectivity index (χ1v) is 10.7. The molecule has 2 heterocycles. The highest BCUT2D eigenvalue weighted by Crippen LogP contribution is 2.44. The Labute approximate surface area is 180 Å². The van der Waals surface area contributed by atoms with Crippen LogP contribution in [0.15, 0.2) is 48.5 Å². The Morgan fingerprint density at radius 3 is 2.23 bits per heavy atom. The SMILES string of the molecule is O=C(N[C@H]1CC[C@H]2CC[C@@H](C(=O)O)N2C1=O)OCC1c2ccccc2-c2ccccc21. The molecule has 7 heteroatoms. The lowest BCUT2D eigenvalue weighted by atomic mass is 9.98. The van der Waals surface area contributed by atoms with Crippen LogP contribution in [0.4, 0.5) is 4.79 Å². The minimum Gasteiger partial charge on any atom is -0.480 e. The Balaban J connectivity index is 1.25. The number of alkyl carbamates (subject to hydrolysis) is 1. The van der Waals surface area contributed by atoms with Crippen molar-refractivity contribution in [2.75, 3.05) is 6.61 Å². The minimum atomic E-state index is -0.988. The van der Waals surface area contributed by atoms with Gasteiger partial charge < -0.3 is 20.1 Å².